The molecular weight excluding hydrogens is 244 g/mol. The average molecular weight is 272 g/mol. The van der Waals surface area contributed by atoms with E-state index in [-0.39, 0.29) is 0 Å². The molecule has 0 bridgehead atoms. The minimum absolute atomic E-state index is 0.552. The quantitative estimate of drug-likeness (QED) is 0.883. The molecule has 1 aliphatic carbocycles. The van der Waals surface area contributed by atoms with Crippen molar-refractivity contribution in [2.24, 2.45) is 11.8 Å². The first-order valence-electron chi connectivity index (χ1n) is 8.24. The van der Waals surface area contributed by atoms with Crippen molar-refractivity contribution in [1.82, 2.24) is 10.2 Å². The van der Waals surface area contributed by atoms with Crippen molar-refractivity contribution in [2.75, 3.05) is 13.1 Å². The Hall–Kier alpha value is -0.860. The molecule has 2 fully saturated rings. The smallest absolute Gasteiger partial charge is 0.0234 e. The summed E-state index contributed by atoms with van der Waals surface area (Å²) in [6, 6.07) is 9.66. The molecule has 2 unspecified atom stereocenters. The van der Waals surface area contributed by atoms with Gasteiger partial charge in [-0.1, -0.05) is 44.5 Å². The third kappa shape index (κ3) is 3.42. The van der Waals surface area contributed by atoms with Gasteiger partial charge in [-0.3, -0.25) is 4.90 Å². The first-order valence-corrected chi connectivity index (χ1v) is 8.24. The average Bonchev–Trinajstić information content (AvgIpc) is 2.97. The van der Waals surface area contributed by atoms with Gasteiger partial charge in [0.1, 0.15) is 0 Å². The Morgan fingerprint density at radius 1 is 1.15 bits per heavy atom. The number of hydrogen-bond donors (Lipinski definition) is 1. The molecule has 1 heterocycles. The second-order valence-electron chi connectivity index (χ2n) is 7.00. The highest BCUT2D eigenvalue weighted by Gasteiger charge is 2.35. The number of fused-ring (bicyclic) bond motifs is 1. The van der Waals surface area contributed by atoms with Crippen molar-refractivity contribution >= 4 is 0 Å². The van der Waals surface area contributed by atoms with Crippen molar-refractivity contribution < 1.29 is 0 Å². The van der Waals surface area contributed by atoms with E-state index in [0.717, 1.165) is 24.9 Å². The fraction of sp³-hybridized carbons (Fsp3) is 0.667. The summed E-state index contributed by atoms with van der Waals surface area (Å²) in [7, 11) is 0. The summed E-state index contributed by atoms with van der Waals surface area (Å²) in [4.78, 5) is 2.67. The lowest BCUT2D eigenvalue weighted by Gasteiger charge is -2.17. The van der Waals surface area contributed by atoms with Crippen LogP contribution >= 0.6 is 0 Å². The highest BCUT2D eigenvalue weighted by atomic mass is 15.2. The maximum Gasteiger partial charge on any atom is 0.0234 e. The zero-order valence-electron chi connectivity index (χ0n) is 12.9. The van der Waals surface area contributed by atoms with Crippen LogP contribution in [0.5, 0.6) is 0 Å². The van der Waals surface area contributed by atoms with E-state index in [0.29, 0.717) is 6.04 Å². The lowest BCUT2D eigenvalue weighted by molar-refractivity contribution is 0.303. The third-order valence-electron chi connectivity index (χ3n) is 4.91. The summed E-state index contributed by atoms with van der Waals surface area (Å²) < 4.78 is 0. The topological polar surface area (TPSA) is 15.3 Å². The molecule has 1 saturated carbocycles. The summed E-state index contributed by atoms with van der Waals surface area (Å²) >= 11 is 0. The predicted molar refractivity (Wildman–Crippen MR) is 84.5 cm³/mol. The molecule has 20 heavy (non-hydrogen) atoms. The number of likely N-dealkylation sites (tertiary alicyclic amines) is 1. The Labute approximate surface area is 123 Å². The van der Waals surface area contributed by atoms with Gasteiger partial charge in [0.25, 0.3) is 0 Å². The molecule has 1 aromatic rings. The van der Waals surface area contributed by atoms with E-state index < -0.39 is 0 Å². The number of nitrogens with one attached hydrogen (secondary N) is 1. The van der Waals surface area contributed by atoms with E-state index in [1.807, 2.05) is 0 Å². The van der Waals surface area contributed by atoms with Gasteiger partial charge < -0.3 is 5.32 Å². The van der Waals surface area contributed by atoms with Gasteiger partial charge in [-0.05, 0) is 35.8 Å². The van der Waals surface area contributed by atoms with Crippen LogP contribution in [0.3, 0.4) is 0 Å². The minimum Gasteiger partial charge on any atom is -0.310 e. The minimum atomic E-state index is 0.552. The molecule has 2 heteroatoms. The van der Waals surface area contributed by atoms with Crippen LogP contribution < -0.4 is 5.32 Å². The number of benzene rings is 1. The van der Waals surface area contributed by atoms with Crippen LogP contribution in [0.15, 0.2) is 24.3 Å². The molecule has 0 radical (unpaired) electrons. The fourth-order valence-electron chi connectivity index (χ4n) is 3.88. The maximum atomic E-state index is 3.50. The Balaban J connectivity index is 1.56. The molecule has 0 spiro atoms. The standard InChI is InChI=1S/C18H28N2/c1-14(2)19-10-15-5-3-6-16(9-15)11-20-12-17-7-4-8-18(17)13-20/h3,5-6,9,14,17-19H,4,7-8,10-13H2,1-2H3. The van der Waals surface area contributed by atoms with Crippen molar-refractivity contribution in [1.29, 1.82) is 0 Å². The molecule has 0 aromatic heterocycles. The highest BCUT2D eigenvalue weighted by molar-refractivity contribution is 5.23. The molecule has 2 atom stereocenters. The Bertz CT molecular complexity index is 429. The van der Waals surface area contributed by atoms with E-state index in [1.165, 1.54) is 43.5 Å². The van der Waals surface area contributed by atoms with E-state index in [1.54, 1.807) is 0 Å². The number of rotatable bonds is 5. The lowest BCUT2D eigenvalue weighted by atomic mass is 10.0. The fourth-order valence-corrected chi connectivity index (χ4v) is 3.88. The van der Waals surface area contributed by atoms with Crippen LogP contribution in [-0.4, -0.2) is 24.0 Å². The van der Waals surface area contributed by atoms with E-state index in [9.17, 15) is 0 Å². The first-order chi connectivity index (χ1) is 9.70. The first kappa shape index (κ1) is 14.1. The van der Waals surface area contributed by atoms with E-state index >= 15 is 0 Å². The van der Waals surface area contributed by atoms with Crippen LogP contribution in [0.1, 0.15) is 44.2 Å². The summed E-state index contributed by atoms with van der Waals surface area (Å²) in [6.45, 7) is 9.19. The van der Waals surface area contributed by atoms with Crippen LogP contribution in [0, 0.1) is 11.8 Å². The van der Waals surface area contributed by atoms with Crippen molar-refractivity contribution in [3.05, 3.63) is 35.4 Å². The van der Waals surface area contributed by atoms with Gasteiger partial charge in [0, 0.05) is 32.2 Å². The molecule has 110 valence electrons. The normalized spacial score (nSPS) is 26.4. The van der Waals surface area contributed by atoms with Gasteiger partial charge in [0.15, 0.2) is 0 Å². The van der Waals surface area contributed by atoms with Gasteiger partial charge in [0.2, 0.25) is 0 Å². The second kappa shape index (κ2) is 6.28. The Morgan fingerprint density at radius 2 is 1.85 bits per heavy atom. The van der Waals surface area contributed by atoms with E-state index in [4.69, 9.17) is 0 Å². The largest absolute Gasteiger partial charge is 0.310 e. The van der Waals surface area contributed by atoms with Gasteiger partial charge >= 0.3 is 0 Å². The third-order valence-corrected chi connectivity index (χ3v) is 4.91. The SMILES string of the molecule is CC(C)NCc1cccc(CN2CC3CCCC3C2)c1. The van der Waals surface area contributed by atoms with Crippen molar-refractivity contribution in [3.8, 4) is 0 Å². The van der Waals surface area contributed by atoms with Crippen LogP contribution in [-0.2, 0) is 13.1 Å². The van der Waals surface area contributed by atoms with Crippen molar-refractivity contribution in [3.63, 3.8) is 0 Å². The zero-order valence-corrected chi connectivity index (χ0v) is 12.9. The van der Waals surface area contributed by atoms with Gasteiger partial charge in [-0.25, -0.2) is 0 Å². The molecule has 3 rings (SSSR count). The van der Waals surface area contributed by atoms with Crippen LogP contribution in [0.2, 0.25) is 0 Å². The van der Waals surface area contributed by atoms with Crippen LogP contribution in [0.25, 0.3) is 0 Å². The molecule has 1 saturated heterocycles. The highest BCUT2D eigenvalue weighted by Crippen LogP contribution is 2.38. The number of nitrogens with zero attached hydrogens (tertiary/aromatic N) is 1. The summed E-state index contributed by atoms with van der Waals surface area (Å²) in [5, 5.41) is 3.50. The Kier molecular flexibility index (Phi) is 4.42. The predicted octanol–water partition coefficient (Wildman–Crippen LogP) is 3.42. The second-order valence-corrected chi connectivity index (χ2v) is 7.00. The summed E-state index contributed by atoms with van der Waals surface area (Å²) in [5.74, 6) is 2.00. The molecule has 2 aliphatic rings. The lowest BCUT2D eigenvalue weighted by Crippen LogP contribution is -2.23. The molecular formula is C18H28N2. The van der Waals surface area contributed by atoms with E-state index in [2.05, 4.69) is 48.3 Å². The molecule has 1 aromatic carbocycles. The van der Waals surface area contributed by atoms with Gasteiger partial charge in [-0.15, -0.1) is 0 Å². The zero-order chi connectivity index (χ0) is 13.9. The van der Waals surface area contributed by atoms with Gasteiger partial charge in [0.05, 0.1) is 0 Å². The molecule has 1 aliphatic heterocycles. The molecule has 0 amide bonds. The summed E-state index contributed by atoms with van der Waals surface area (Å²) in [5.41, 5.74) is 2.89. The van der Waals surface area contributed by atoms with Crippen LogP contribution in [0.4, 0.5) is 0 Å². The van der Waals surface area contributed by atoms with Crippen molar-refractivity contribution in [2.45, 2.75) is 52.2 Å². The Morgan fingerprint density at radius 3 is 2.55 bits per heavy atom. The monoisotopic (exact) mass is 272 g/mol. The summed E-state index contributed by atoms with van der Waals surface area (Å²) in [6.07, 6.45) is 4.42. The van der Waals surface area contributed by atoms with Gasteiger partial charge in [-0.2, -0.15) is 0 Å². The number of hydrogen-bond acceptors (Lipinski definition) is 2. The molecule has 2 nitrogen and oxygen atoms in total. The molecule has 1 N–H and O–H groups in total. The maximum absolute atomic E-state index is 3.50.